The lowest BCUT2D eigenvalue weighted by molar-refractivity contribution is -0.00807. The maximum Gasteiger partial charge on any atom is 0.0937 e. The highest BCUT2D eigenvalue weighted by molar-refractivity contribution is 4.81. The van der Waals surface area contributed by atoms with Gasteiger partial charge in [0.05, 0.1) is 6.10 Å². The van der Waals surface area contributed by atoms with Crippen molar-refractivity contribution in [2.45, 2.75) is 46.1 Å². The highest BCUT2D eigenvalue weighted by Crippen LogP contribution is 2.38. The van der Waals surface area contributed by atoms with Gasteiger partial charge in [-0.2, -0.15) is 0 Å². The van der Waals surface area contributed by atoms with Crippen molar-refractivity contribution in [1.29, 1.82) is 0 Å². The average Bonchev–Trinajstić information content (AvgIpc) is 1.54. The van der Waals surface area contributed by atoms with Gasteiger partial charge in [-0.15, -0.1) is 0 Å². The van der Waals surface area contributed by atoms with Gasteiger partial charge in [-0.25, -0.2) is 5.11 Å². The molecule has 1 rings (SSSR count). The molecule has 0 saturated heterocycles. The van der Waals surface area contributed by atoms with Crippen molar-refractivity contribution < 1.29 is 5.11 Å². The molecule has 59 valence electrons. The van der Waals surface area contributed by atoms with Crippen LogP contribution in [0.3, 0.4) is 0 Å². The molecule has 0 aromatic rings. The van der Waals surface area contributed by atoms with E-state index in [1.807, 2.05) is 0 Å². The number of rotatable bonds is 0. The average molecular weight is 141 g/mol. The summed E-state index contributed by atoms with van der Waals surface area (Å²) >= 11 is 0. The van der Waals surface area contributed by atoms with Crippen molar-refractivity contribution in [1.82, 2.24) is 0 Å². The molecule has 1 saturated carbocycles. The summed E-state index contributed by atoms with van der Waals surface area (Å²) in [6, 6.07) is 0. The first-order chi connectivity index (χ1) is 4.49. The third kappa shape index (κ3) is 1.98. The van der Waals surface area contributed by atoms with Crippen LogP contribution in [0.15, 0.2) is 0 Å². The Labute approximate surface area is 63.4 Å². The minimum absolute atomic E-state index is 0.293. The van der Waals surface area contributed by atoms with Gasteiger partial charge in [0.2, 0.25) is 0 Å². The second kappa shape index (κ2) is 2.54. The minimum atomic E-state index is -0.293. The van der Waals surface area contributed by atoms with Gasteiger partial charge in [-0.3, -0.25) is 0 Å². The quantitative estimate of drug-likeness (QED) is 0.494. The Morgan fingerprint density at radius 1 is 1.30 bits per heavy atom. The molecule has 0 aromatic carbocycles. The summed E-state index contributed by atoms with van der Waals surface area (Å²) in [5.41, 5.74) is 0.310. The summed E-state index contributed by atoms with van der Waals surface area (Å²) in [4.78, 5) is 0. The smallest absolute Gasteiger partial charge is 0.0937 e. The van der Waals surface area contributed by atoms with Gasteiger partial charge in [0.1, 0.15) is 0 Å². The fraction of sp³-hybridized carbons (Fsp3) is 1.00. The molecule has 2 unspecified atom stereocenters. The molecular formula is C9H17O. The first-order valence-electron chi connectivity index (χ1n) is 4.15. The van der Waals surface area contributed by atoms with E-state index in [2.05, 4.69) is 20.8 Å². The maximum atomic E-state index is 11.2. The molecule has 2 atom stereocenters. The molecule has 1 heteroatoms. The van der Waals surface area contributed by atoms with Crippen molar-refractivity contribution in [3.8, 4) is 0 Å². The molecule has 0 bridgehead atoms. The number of hydrogen-bond acceptors (Lipinski definition) is 0. The SMILES string of the molecule is CC1CC([O])CC(C)(C)C1. The van der Waals surface area contributed by atoms with Gasteiger partial charge in [-0.1, -0.05) is 20.8 Å². The first-order valence-corrected chi connectivity index (χ1v) is 4.15. The number of hydrogen-bond donors (Lipinski definition) is 0. The summed E-state index contributed by atoms with van der Waals surface area (Å²) in [7, 11) is 0. The predicted octanol–water partition coefficient (Wildman–Crippen LogP) is 2.63. The van der Waals surface area contributed by atoms with Gasteiger partial charge in [0.25, 0.3) is 0 Å². The van der Waals surface area contributed by atoms with Gasteiger partial charge in [0, 0.05) is 0 Å². The lowest BCUT2D eigenvalue weighted by Gasteiger charge is -2.35. The van der Waals surface area contributed by atoms with Gasteiger partial charge in [0.15, 0.2) is 0 Å². The Balaban J connectivity index is 2.51. The van der Waals surface area contributed by atoms with E-state index in [9.17, 15) is 5.11 Å². The molecule has 0 N–H and O–H groups in total. The van der Waals surface area contributed by atoms with Gasteiger partial charge >= 0.3 is 0 Å². The molecule has 1 fully saturated rings. The molecule has 1 aliphatic rings. The molecule has 1 radical (unpaired) electrons. The lowest BCUT2D eigenvalue weighted by atomic mass is 9.72. The van der Waals surface area contributed by atoms with E-state index in [4.69, 9.17) is 0 Å². The van der Waals surface area contributed by atoms with Crippen LogP contribution in [0.4, 0.5) is 0 Å². The summed E-state index contributed by atoms with van der Waals surface area (Å²) < 4.78 is 0. The van der Waals surface area contributed by atoms with Crippen LogP contribution in [-0.4, -0.2) is 6.10 Å². The maximum absolute atomic E-state index is 11.2. The fourth-order valence-electron chi connectivity index (χ4n) is 2.26. The molecule has 0 aromatic heterocycles. The van der Waals surface area contributed by atoms with Crippen LogP contribution in [0.1, 0.15) is 40.0 Å². The summed E-state index contributed by atoms with van der Waals surface area (Å²) in [6.45, 7) is 6.59. The Morgan fingerprint density at radius 3 is 2.30 bits per heavy atom. The van der Waals surface area contributed by atoms with E-state index in [-0.39, 0.29) is 6.10 Å². The molecule has 0 aliphatic heterocycles. The monoisotopic (exact) mass is 141 g/mol. The largest absolute Gasteiger partial charge is 0.233 e. The summed E-state index contributed by atoms with van der Waals surface area (Å²) in [5, 5.41) is 11.2. The zero-order valence-corrected chi connectivity index (χ0v) is 7.18. The molecular weight excluding hydrogens is 124 g/mol. The van der Waals surface area contributed by atoms with E-state index < -0.39 is 0 Å². The van der Waals surface area contributed by atoms with Crippen LogP contribution in [0, 0.1) is 11.3 Å². The Morgan fingerprint density at radius 2 is 1.90 bits per heavy atom. The van der Waals surface area contributed by atoms with Crippen LogP contribution in [-0.2, 0) is 5.11 Å². The van der Waals surface area contributed by atoms with E-state index >= 15 is 0 Å². The third-order valence-corrected chi connectivity index (χ3v) is 2.35. The van der Waals surface area contributed by atoms with E-state index in [1.165, 1.54) is 6.42 Å². The van der Waals surface area contributed by atoms with Crippen molar-refractivity contribution in [3.63, 3.8) is 0 Å². The molecule has 0 amide bonds. The van der Waals surface area contributed by atoms with Crippen molar-refractivity contribution >= 4 is 0 Å². The molecule has 10 heavy (non-hydrogen) atoms. The standard InChI is InChI=1S/C9H17O/c1-7-4-8(10)6-9(2,3)5-7/h7-8H,4-6H2,1-3H3. The normalized spacial score (nSPS) is 39.6. The topological polar surface area (TPSA) is 19.9 Å². The van der Waals surface area contributed by atoms with Crippen molar-refractivity contribution in [2.75, 3.05) is 0 Å². The fourth-order valence-corrected chi connectivity index (χ4v) is 2.26. The van der Waals surface area contributed by atoms with E-state index in [0.29, 0.717) is 11.3 Å². The highest BCUT2D eigenvalue weighted by Gasteiger charge is 2.31. The molecule has 0 heterocycles. The zero-order chi connectivity index (χ0) is 7.78. The van der Waals surface area contributed by atoms with Crippen LogP contribution in [0.2, 0.25) is 0 Å². The Hall–Kier alpha value is -0.0400. The van der Waals surface area contributed by atoms with E-state index in [0.717, 1.165) is 12.8 Å². The summed E-state index contributed by atoms with van der Waals surface area (Å²) in [5.74, 6) is 0.645. The van der Waals surface area contributed by atoms with Crippen LogP contribution in [0.5, 0.6) is 0 Å². The third-order valence-electron chi connectivity index (χ3n) is 2.35. The zero-order valence-electron chi connectivity index (χ0n) is 7.18. The van der Waals surface area contributed by atoms with Crippen LogP contribution >= 0.6 is 0 Å². The predicted molar refractivity (Wildman–Crippen MR) is 41.3 cm³/mol. The molecule has 1 nitrogen and oxygen atoms in total. The Kier molecular flexibility index (Phi) is 2.04. The first kappa shape index (κ1) is 8.06. The highest BCUT2D eigenvalue weighted by atomic mass is 16.3. The van der Waals surface area contributed by atoms with Crippen LogP contribution in [0.25, 0.3) is 0 Å². The Bertz CT molecular complexity index is 106. The molecule has 0 spiro atoms. The van der Waals surface area contributed by atoms with Crippen molar-refractivity contribution in [3.05, 3.63) is 0 Å². The van der Waals surface area contributed by atoms with Gasteiger partial charge < -0.3 is 0 Å². The lowest BCUT2D eigenvalue weighted by Crippen LogP contribution is -2.29. The second-order valence-electron chi connectivity index (χ2n) is 4.54. The van der Waals surface area contributed by atoms with E-state index in [1.54, 1.807) is 0 Å². The second-order valence-corrected chi connectivity index (χ2v) is 4.54. The van der Waals surface area contributed by atoms with Crippen molar-refractivity contribution in [2.24, 2.45) is 11.3 Å². The van der Waals surface area contributed by atoms with Crippen LogP contribution < -0.4 is 0 Å². The summed E-state index contributed by atoms with van der Waals surface area (Å²) in [6.07, 6.45) is 2.70. The van der Waals surface area contributed by atoms with Gasteiger partial charge in [-0.05, 0) is 30.6 Å². The molecule has 1 aliphatic carbocycles. The minimum Gasteiger partial charge on any atom is -0.233 e.